The second kappa shape index (κ2) is 41.1. The van der Waals surface area contributed by atoms with Gasteiger partial charge in [0, 0.05) is 69.3 Å². The Morgan fingerprint density at radius 1 is 0.516 bits per heavy atom. The highest BCUT2D eigenvalue weighted by atomic mass is 35.5. The molecule has 8 aromatic carbocycles. The van der Waals surface area contributed by atoms with Gasteiger partial charge in [0.25, 0.3) is 0 Å². The topological polar surface area (TPSA) is 405 Å². The number of para-hydroxylation sites is 3. The monoisotopic (exact) mass is 1940 g/mol. The Morgan fingerprint density at radius 2 is 0.977 bits per heavy atom. The largest absolute Gasteiger partial charge is 0.496 e. The molecule has 2 aliphatic rings. The Balaban J connectivity index is 0.000000166. The first-order valence-corrected chi connectivity index (χ1v) is 52.3. The summed E-state index contributed by atoms with van der Waals surface area (Å²) < 4.78 is 165. The summed E-state index contributed by atoms with van der Waals surface area (Å²) in [7, 11) is -15.4. The van der Waals surface area contributed by atoms with Gasteiger partial charge in [-0.15, -0.1) is 0 Å². The number of aliphatic imine (C=N–C) groups is 1. The van der Waals surface area contributed by atoms with Crippen LogP contribution < -0.4 is 51.6 Å². The number of methoxy groups -OCH3 is 2. The van der Waals surface area contributed by atoms with Crippen LogP contribution in [-0.2, 0) is 61.4 Å². The van der Waals surface area contributed by atoms with Gasteiger partial charge in [-0.1, -0.05) is 107 Å². The molecule has 0 aliphatic carbocycles. The first-order chi connectivity index (χ1) is 60.4. The molecular weight excluding hydrogens is 1850 g/mol. The summed E-state index contributed by atoms with van der Waals surface area (Å²) in [5.41, 5.74) is 5.38. The van der Waals surface area contributed by atoms with Crippen molar-refractivity contribution in [1.29, 1.82) is 0 Å². The van der Waals surface area contributed by atoms with E-state index in [9.17, 15) is 56.4 Å². The fraction of sp³-hybridized carbons (Fsp3) is 0.241. The third-order valence-electron chi connectivity index (χ3n) is 19.7. The molecule has 12 aromatic rings. The van der Waals surface area contributed by atoms with E-state index in [1.54, 1.807) is 197 Å². The number of carboxylic acids is 1. The molecule has 0 atom stereocenters. The third-order valence-corrected chi connectivity index (χ3v) is 32.1. The average Bonchev–Trinajstić information content (AvgIpc) is 1.57. The first-order valence-electron chi connectivity index (χ1n) is 39.2. The lowest BCUT2D eigenvalue weighted by atomic mass is 9.95. The standard InChI is InChI=1S/C25H15ClF2N4O2.C22H26ClN4O4PS.C22H25ClN4O4S2.C18H23ClN3O4PS/c26-15-6-9-17-18(10-15)23(21-19(27)2-1-3-20(21)28)29-11-14-12-30-25(32-22(14)17)31-16-7-4-13(5-8-16)24(33)34;1-14(2)33(29,30)20-9-7-6-8-18(20)25-21-16(23)13-24-22(27-21)26-17-11-10-15(32(4,5)28)12-19(17)31-3;1-14(2)32(28,29)19-11-7-5-9-17(19)25-21-16(23)13-24-22(27-21)26-18-10-6-8-12-20(18)33(30,31)15(3)4;1-26-16-11-14(27(2,3)23)5-4-13(16)10-17-20-12-15(19)18(21-17)22-6-8-28(24,25)9-7-22/h1-10,12H,11H2,(H,33,34)(H,30,31,32);6-14H,1-5H3,(H2,24,25,26,27);5-15H,1-4H3,(H2,24,25,26,27);4-5,11-12H,6-10H2,1-3H3. The molecule has 0 radical (unpaired) electrons. The molecule has 128 heavy (non-hydrogen) atoms. The van der Waals surface area contributed by atoms with Crippen molar-refractivity contribution in [3.05, 3.63) is 260 Å². The van der Waals surface area contributed by atoms with Crippen molar-refractivity contribution in [1.82, 2.24) is 39.9 Å². The highest BCUT2D eigenvalue weighted by Gasteiger charge is 2.31. The summed E-state index contributed by atoms with van der Waals surface area (Å²) in [6, 6.07) is 45.0. The zero-order chi connectivity index (χ0) is 93.1. The fourth-order valence-electron chi connectivity index (χ4n) is 12.6. The molecule has 14 rings (SSSR count). The van der Waals surface area contributed by atoms with Crippen LogP contribution in [0.25, 0.3) is 11.3 Å². The van der Waals surface area contributed by atoms with Crippen LogP contribution in [0.4, 0.5) is 72.5 Å². The average molecular weight is 1940 g/mol. The van der Waals surface area contributed by atoms with Crippen molar-refractivity contribution < 1.29 is 71.0 Å². The normalized spacial score (nSPS) is 13.2. The van der Waals surface area contributed by atoms with E-state index in [2.05, 4.69) is 71.4 Å². The van der Waals surface area contributed by atoms with Crippen LogP contribution in [0.15, 0.2) is 214 Å². The molecule has 0 unspecified atom stereocenters. The Kier molecular flexibility index (Phi) is 31.3. The minimum atomic E-state index is -3.56. The lowest BCUT2D eigenvalue weighted by Crippen LogP contribution is -2.41. The molecule has 1 saturated heterocycles. The number of anilines is 11. The molecule has 1 fully saturated rings. The molecule has 0 saturated carbocycles. The molecule has 41 heteroatoms. The number of ether oxygens (including phenoxy) is 2. The van der Waals surface area contributed by atoms with E-state index in [1.807, 2.05) is 17.0 Å². The van der Waals surface area contributed by atoms with E-state index in [1.165, 1.54) is 68.2 Å². The number of carbonyl (C=O) groups is 1. The van der Waals surface area contributed by atoms with Crippen LogP contribution in [-0.4, -0.2) is 172 Å². The van der Waals surface area contributed by atoms with Gasteiger partial charge in [0.05, 0.1) is 127 Å². The number of halogens is 6. The van der Waals surface area contributed by atoms with E-state index in [0.717, 1.165) is 10.9 Å². The van der Waals surface area contributed by atoms with E-state index in [4.69, 9.17) is 61.0 Å². The highest BCUT2D eigenvalue weighted by molar-refractivity contribution is 7.93. The maximum absolute atomic E-state index is 14.6. The van der Waals surface area contributed by atoms with Gasteiger partial charge < -0.3 is 55.2 Å². The minimum absolute atomic E-state index is 0.0893. The zero-order valence-electron chi connectivity index (χ0n) is 71.0. The van der Waals surface area contributed by atoms with Crippen LogP contribution >= 0.6 is 60.7 Å². The molecule has 672 valence electrons. The number of sulfone groups is 4. The Morgan fingerprint density at radius 3 is 1.47 bits per heavy atom. The smallest absolute Gasteiger partial charge is 0.335 e. The fourth-order valence-corrected chi connectivity index (χ4v) is 19.8. The molecule has 0 bridgehead atoms. The van der Waals surface area contributed by atoms with Crippen molar-refractivity contribution >= 4 is 186 Å². The predicted octanol–water partition coefficient (Wildman–Crippen LogP) is 18.1. The van der Waals surface area contributed by atoms with Gasteiger partial charge in [-0.05, 0) is 177 Å². The second-order valence-electron chi connectivity index (χ2n) is 30.4. The number of aromatic nitrogens is 8. The second-order valence-corrected chi connectivity index (χ2v) is 48.2. The maximum atomic E-state index is 14.6. The van der Waals surface area contributed by atoms with Gasteiger partial charge in [-0.25, -0.2) is 77.2 Å². The van der Waals surface area contributed by atoms with Crippen molar-refractivity contribution in [2.75, 3.05) is 97.0 Å². The molecule has 0 spiro atoms. The molecule has 2 aliphatic heterocycles. The summed E-state index contributed by atoms with van der Waals surface area (Å²) in [5, 5.41) is 24.9. The Labute approximate surface area is 760 Å². The van der Waals surface area contributed by atoms with Gasteiger partial charge in [0.1, 0.15) is 58.3 Å². The zero-order valence-corrected chi connectivity index (χ0v) is 79.1. The SMILES string of the molecule is CC(C)S(=O)(=O)c1ccccc1Nc1ncc(Cl)c(Nc2ccccc2S(=O)(=O)C(C)C)n1.COc1cc(P(C)(C)=O)ccc1Cc1ncc(Cl)c(N2CCS(=O)(=O)CC2)n1.COc1cc(P(C)(C)=O)ccc1Nc1ncc(Cl)c(Nc2ccccc2S(=O)(=O)C(C)C)n1.O=C(O)c1ccc(Nc2ncc3c(n2)-c2ccc(Cl)cc2C(c2c(F)cccc2F)=NC3)cc1. The van der Waals surface area contributed by atoms with Crippen LogP contribution in [0.1, 0.15) is 80.0 Å². The molecular formula is C87H89Cl4F2N15O14P2S4. The summed E-state index contributed by atoms with van der Waals surface area (Å²) in [6.45, 7) is 17.3. The number of hydrogen-bond acceptors (Lipinski definition) is 28. The Hall–Kier alpha value is -11.1. The van der Waals surface area contributed by atoms with Crippen LogP contribution in [0.5, 0.6) is 11.5 Å². The first kappa shape index (κ1) is 97.5. The van der Waals surface area contributed by atoms with E-state index in [0.29, 0.717) is 109 Å². The van der Waals surface area contributed by atoms with Crippen molar-refractivity contribution in [3.8, 4) is 22.8 Å². The number of carboxylic acid groups (broad SMARTS) is 1. The van der Waals surface area contributed by atoms with E-state index >= 15 is 0 Å². The van der Waals surface area contributed by atoms with Gasteiger partial charge >= 0.3 is 5.97 Å². The molecule has 29 nitrogen and oxygen atoms in total. The number of hydrogen-bond donors (Lipinski definition) is 6. The lowest BCUT2D eigenvalue weighted by molar-refractivity contribution is 0.0696. The van der Waals surface area contributed by atoms with Crippen molar-refractivity contribution in [2.24, 2.45) is 4.99 Å². The van der Waals surface area contributed by atoms with Crippen molar-refractivity contribution in [2.45, 2.75) is 84.9 Å². The quantitative estimate of drug-likeness (QED) is 0.0289. The van der Waals surface area contributed by atoms with Gasteiger partial charge in [-0.2, -0.15) is 9.97 Å². The third kappa shape index (κ3) is 23.9. The maximum Gasteiger partial charge on any atom is 0.335 e. The molecule has 6 N–H and O–H groups in total. The summed E-state index contributed by atoms with van der Waals surface area (Å²) in [4.78, 5) is 52.8. The Bertz CT molecular complexity index is 6800. The predicted molar refractivity (Wildman–Crippen MR) is 503 cm³/mol. The number of aromatic carboxylic acids is 1. The number of nitrogens with one attached hydrogen (secondary N) is 5. The minimum Gasteiger partial charge on any atom is -0.496 e. The molecule has 6 heterocycles. The van der Waals surface area contributed by atoms with Crippen molar-refractivity contribution in [3.63, 3.8) is 0 Å². The van der Waals surface area contributed by atoms with Crippen LogP contribution in [0.2, 0.25) is 20.1 Å². The van der Waals surface area contributed by atoms with Crippen LogP contribution in [0, 0.1) is 11.6 Å². The number of benzene rings is 8. The van der Waals surface area contributed by atoms with Crippen LogP contribution in [0.3, 0.4) is 0 Å². The number of nitrogens with zero attached hydrogens (tertiary/aromatic N) is 10. The number of fused-ring (bicyclic) bond motifs is 3. The summed E-state index contributed by atoms with van der Waals surface area (Å²) >= 11 is 25.0. The van der Waals surface area contributed by atoms with E-state index in [-0.39, 0.29) is 89.1 Å². The highest BCUT2D eigenvalue weighted by Crippen LogP contribution is 2.42. The van der Waals surface area contributed by atoms with Gasteiger partial charge in [0.2, 0.25) is 17.8 Å². The van der Waals surface area contributed by atoms with Gasteiger partial charge in [-0.3, -0.25) is 4.99 Å². The van der Waals surface area contributed by atoms with Gasteiger partial charge in [0.15, 0.2) is 56.8 Å². The number of rotatable bonds is 25. The summed E-state index contributed by atoms with van der Waals surface area (Å²) in [5.74, 6) is 0.898. The lowest BCUT2D eigenvalue weighted by Gasteiger charge is -2.28. The van der Waals surface area contributed by atoms with E-state index < -0.39 is 87.0 Å². The summed E-state index contributed by atoms with van der Waals surface area (Å²) in [6.07, 6.45) is 6.30. The molecule has 4 aromatic heterocycles. The molecule has 0 amide bonds.